The van der Waals surface area contributed by atoms with Gasteiger partial charge in [0, 0.05) is 11.6 Å². The zero-order valence-corrected chi connectivity index (χ0v) is 26.8. The third-order valence-electron chi connectivity index (χ3n) is 9.15. The fourth-order valence-electron chi connectivity index (χ4n) is 5.19. The summed E-state index contributed by atoms with van der Waals surface area (Å²) in [5.74, 6) is 4.58. The minimum absolute atomic E-state index is 0.0779. The average Bonchev–Trinajstić information content (AvgIpc) is 2.88. The van der Waals surface area contributed by atoms with Crippen molar-refractivity contribution in [1.29, 1.82) is 0 Å². The lowest BCUT2D eigenvalue weighted by molar-refractivity contribution is -0.159. The van der Waals surface area contributed by atoms with E-state index in [1.165, 1.54) is 5.56 Å². The first-order valence-electron chi connectivity index (χ1n) is 14.3. The molecular weight excluding hydrogens is 498 g/mol. The Labute approximate surface area is 238 Å². The van der Waals surface area contributed by atoms with E-state index in [1.807, 2.05) is 31.2 Å². The minimum Gasteiger partial charge on any atom is -0.497 e. The Kier molecular flexibility index (Phi) is 9.33. The van der Waals surface area contributed by atoms with E-state index in [-0.39, 0.29) is 28.4 Å². The topological polar surface area (TPSA) is 47.6 Å². The average molecular weight is 548 g/mol. The molecule has 4 atom stereocenters. The van der Waals surface area contributed by atoms with E-state index in [9.17, 15) is 4.79 Å². The van der Waals surface area contributed by atoms with Crippen molar-refractivity contribution in [2.45, 2.75) is 103 Å². The molecule has 0 amide bonds. The van der Waals surface area contributed by atoms with E-state index in [0.29, 0.717) is 5.92 Å². The van der Waals surface area contributed by atoms with Gasteiger partial charge < -0.3 is 14.8 Å². The van der Waals surface area contributed by atoms with Crippen molar-refractivity contribution >= 4 is 19.7 Å². The third kappa shape index (κ3) is 7.28. The minimum atomic E-state index is -1.97. The van der Waals surface area contributed by atoms with Gasteiger partial charge in [-0.1, -0.05) is 97.3 Å². The number of rotatable bonds is 7. The van der Waals surface area contributed by atoms with Crippen LogP contribution in [0.2, 0.25) is 18.1 Å². The standard InChI is InChI=1S/C34H49NO3Si/c1-25-16-21-29(33(5,6)26-14-12-11-13-15-26)30(24-25)38-31(36)34(7,22-23-39(9,10)32(2,3)4)35-27-17-19-28(37-8)20-18-27/h11-15,17-20,25,29-30,35H,16,21,24H2,1-10H3/t25-,29-,30-,34-/m1/s1. The van der Waals surface area contributed by atoms with Crippen LogP contribution in [-0.4, -0.2) is 32.8 Å². The third-order valence-corrected chi connectivity index (χ3v) is 13.6. The van der Waals surface area contributed by atoms with Gasteiger partial charge in [-0.3, -0.25) is 0 Å². The van der Waals surface area contributed by atoms with Crippen LogP contribution in [0.3, 0.4) is 0 Å². The highest BCUT2D eigenvalue weighted by Gasteiger charge is 2.45. The van der Waals surface area contributed by atoms with Crippen LogP contribution in [0, 0.1) is 23.3 Å². The zero-order chi connectivity index (χ0) is 29.1. The van der Waals surface area contributed by atoms with Gasteiger partial charge in [-0.05, 0) is 66.0 Å². The van der Waals surface area contributed by atoms with Crippen LogP contribution >= 0.6 is 0 Å². The number of benzene rings is 2. The summed E-state index contributed by atoms with van der Waals surface area (Å²) in [7, 11) is -0.326. The molecule has 0 saturated heterocycles. The molecule has 1 aliphatic rings. The monoisotopic (exact) mass is 547 g/mol. The second kappa shape index (κ2) is 11.8. The number of carbonyl (C=O) groups is 1. The van der Waals surface area contributed by atoms with Crippen molar-refractivity contribution in [2.24, 2.45) is 11.8 Å². The zero-order valence-electron chi connectivity index (χ0n) is 25.8. The summed E-state index contributed by atoms with van der Waals surface area (Å²) in [5.41, 5.74) is 4.35. The van der Waals surface area contributed by atoms with Gasteiger partial charge in [0.2, 0.25) is 0 Å². The van der Waals surface area contributed by atoms with Crippen molar-refractivity contribution in [3.8, 4) is 17.2 Å². The molecule has 5 heteroatoms. The van der Waals surface area contributed by atoms with Crippen LogP contribution in [0.4, 0.5) is 5.69 Å². The molecule has 3 rings (SSSR count). The molecule has 1 aliphatic carbocycles. The molecule has 1 N–H and O–H groups in total. The summed E-state index contributed by atoms with van der Waals surface area (Å²) >= 11 is 0. The number of methoxy groups -OCH3 is 1. The summed E-state index contributed by atoms with van der Waals surface area (Å²) < 4.78 is 11.8. The second-order valence-corrected chi connectivity index (χ2v) is 18.7. The predicted octanol–water partition coefficient (Wildman–Crippen LogP) is 8.24. The number of ether oxygens (including phenoxy) is 2. The Bertz CT molecular complexity index is 1170. The van der Waals surface area contributed by atoms with Gasteiger partial charge in [0.05, 0.1) is 7.11 Å². The molecule has 1 saturated carbocycles. The van der Waals surface area contributed by atoms with Crippen LogP contribution < -0.4 is 10.1 Å². The fourth-order valence-corrected chi connectivity index (χ4v) is 6.12. The van der Waals surface area contributed by atoms with Gasteiger partial charge in [-0.25, -0.2) is 4.79 Å². The number of carbonyl (C=O) groups excluding carboxylic acids is 1. The van der Waals surface area contributed by atoms with Crippen molar-refractivity contribution in [3.63, 3.8) is 0 Å². The number of anilines is 1. The molecule has 0 heterocycles. The highest BCUT2D eigenvalue weighted by molar-refractivity contribution is 6.87. The second-order valence-electron chi connectivity index (χ2n) is 13.7. The smallest absolute Gasteiger partial charge is 0.344 e. The largest absolute Gasteiger partial charge is 0.497 e. The van der Waals surface area contributed by atoms with Crippen LogP contribution in [0.5, 0.6) is 5.75 Å². The van der Waals surface area contributed by atoms with E-state index in [1.54, 1.807) is 7.11 Å². The Morgan fingerprint density at radius 2 is 1.56 bits per heavy atom. The molecule has 0 unspecified atom stereocenters. The normalized spacial score (nSPS) is 21.6. The number of nitrogens with one attached hydrogen (secondary N) is 1. The van der Waals surface area contributed by atoms with E-state index in [2.05, 4.69) is 102 Å². The molecule has 0 aliphatic heterocycles. The molecule has 2 aromatic carbocycles. The van der Waals surface area contributed by atoms with E-state index >= 15 is 0 Å². The van der Waals surface area contributed by atoms with E-state index in [4.69, 9.17) is 9.47 Å². The van der Waals surface area contributed by atoms with Gasteiger partial charge in [-0.15, -0.1) is 5.54 Å². The Morgan fingerprint density at radius 1 is 0.949 bits per heavy atom. The lowest BCUT2D eigenvalue weighted by Gasteiger charge is -2.44. The molecule has 4 nitrogen and oxygen atoms in total. The first-order valence-corrected chi connectivity index (χ1v) is 17.3. The summed E-state index contributed by atoms with van der Waals surface area (Å²) in [6.07, 6.45) is 2.85. The molecule has 212 valence electrons. The van der Waals surface area contributed by atoms with Gasteiger partial charge in [0.15, 0.2) is 5.54 Å². The quantitative estimate of drug-likeness (QED) is 0.215. The first-order chi connectivity index (χ1) is 18.1. The van der Waals surface area contributed by atoms with Crippen molar-refractivity contribution in [2.75, 3.05) is 12.4 Å². The van der Waals surface area contributed by atoms with Gasteiger partial charge in [0.1, 0.15) is 19.9 Å². The highest BCUT2D eigenvalue weighted by atomic mass is 28.3. The fraction of sp³-hybridized carbons (Fsp3) is 0.559. The Morgan fingerprint density at radius 3 is 2.13 bits per heavy atom. The molecular formula is C34H49NO3Si. The maximum atomic E-state index is 14.1. The van der Waals surface area contributed by atoms with Crippen molar-refractivity contribution in [1.82, 2.24) is 0 Å². The number of hydrogen-bond donors (Lipinski definition) is 1. The molecule has 0 bridgehead atoms. The lowest BCUT2D eigenvalue weighted by Crippen LogP contribution is -2.50. The van der Waals surface area contributed by atoms with Gasteiger partial charge in [0.25, 0.3) is 0 Å². The van der Waals surface area contributed by atoms with Crippen molar-refractivity contribution in [3.05, 3.63) is 60.2 Å². The first kappa shape index (κ1) is 30.8. The molecule has 0 radical (unpaired) electrons. The van der Waals surface area contributed by atoms with Crippen molar-refractivity contribution < 1.29 is 14.3 Å². The highest BCUT2D eigenvalue weighted by Crippen LogP contribution is 2.44. The maximum Gasteiger partial charge on any atom is 0.344 e. The van der Waals surface area contributed by atoms with Gasteiger partial charge >= 0.3 is 5.97 Å². The van der Waals surface area contributed by atoms with Crippen LogP contribution in [0.25, 0.3) is 0 Å². The maximum absolute atomic E-state index is 14.1. The summed E-state index contributed by atoms with van der Waals surface area (Å²) in [4.78, 5) is 14.1. The van der Waals surface area contributed by atoms with Crippen LogP contribution in [0.1, 0.15) is 73.3 Å². The number of hydrogen-bond acceptors (Lipinski definition) is 4. The SMILES string of the molecule is COc1ccc(N[C@](C)(C#C[Si](C)(C)C(C)(C)C)C(=O)O[C@@H]2C[C@H](C)CC[C@H]2C(C)(C)c2ccccc2)cc1. The molecule has 2 aromatic rings. The number of esters is 1. The van der Waals surface area contributed by atoms with Crippen LogP contribution in [0.15, 0.2) is 54.6 Å². The molecule has 0 aromatic heterocycles. The Hall–Kier alpha value is -2.71. The van der Waals surface area contributed by atoms with E-state index < -0.39 is 13.6 Å². The Balaban J connectivity index is 1.97. The summed E-state index contributed by atoms with van der Waals surface area (Å²) in [6, 6.07) is 18.2. The molecule has 39 heavy (non-hydrogen) atoms. The summed E-state index contributed by atoms with van der Waals surface area (Å²) in [6.45, 7) is 19.9. The molecule has 1 fully saturated rings. The van der Waals surface area contributed by atoms with Gasteiger partial charge in [-0.2, -0.15) is 0 Å². The molecule has 0 spiro atoms. The predicted molar refractivity (Wildman–Crippen MR) is 166 cm³/mol. The van der Waals surface area contributed by atoms with E-state index in [0.717, 1.165) is 30.7 Å². The lowest BCUT2D eigenvalue weighted by atomic mass is 9.64. The van der Waals surface area contributed by atoms with Crippen LogP contribution in [-0.2, 0) is 14.9 Å². The summed E-state index contributed by atoms with van der Waals surface area (Å²) in [5, 5.41) is 3.51.